The van der Waals surface area contributed by atoms with E-state index in [0.29, 0.717) is 6.61 Å². The van der Waals surface area contributed by atoms with Gasteiger partial charge < -0.3 is 9.30 Å². The highest BCUT2D eigenvalue weighted by atomic mass is 32.2. The van der Waals surface area contributed by atoms with Gasteiger partial charge in [-0.15, -0.1) is 21.5 Å². The number of thioether (sulfide) groups is 1. The van der Waals surface area contributed by atoms with Crippen LogP contribution in [0.25, 0.3) is 11.4 Å². The summed E-state index contributed by atoms with van der Waals surface area (Å²) in [5, 5.41) is 11.2. The molecule has 7 heteroatoms. The molecule has 0 aromatic carbocycles. The Morgan fingerprint density at radius 2 is 2.20 bits per heavy atom. The fraction of sp³-hybridized carbons (Fsp3) is 0.462. The third kappa shape index (κ3) is 3.04. The number of aryl methyl sites for hydroxylation is 1. The standard InChI is InChI=1S/C13H17N3O2S2/c1-5-18-11(17)7-20-13-15-14-12(16(13)4)10-6-19-9(3)8(10)2/h6H,5,7H2,1-4H3. The molecule has 2 aromatic heterocycles. The van der Waals surface area contributed by atoms with Crippen molar-refractivity contribution in [2.24, 2.45) is 7.05 Å². The first-order valence-electron chi connectivity index (χ1n) is 6.27. The minimum absolute atomic E-state index is 0.232. The molecular formula is C13H17N3O2S2. The normalized spacial score (nSPS) is 10.8. The maximum absolute atomic E-state index is 11.4. The van der Waals surface area contributed by atoms with E-state index in [1.165, 1.54) is 22.2 Å². The van der Waals surface area contributed by atoms with Gasteiger partial charge in [-0.05, 0) is 26.3 Å². The molecule has 0 atom stereocenters. The Bertz CT molecular complexity index is 619. The lowest BCUT2D eigenvalue weighted by Crippen LogP contribution is -2.07. The summed E-state index contributed by atoms with van der Waals surface area (Å²) in [6.07, 6.45) is 0. The van der Waals surface area contributed by atoms with Gasteiger partial charge in [-0.3, -0.25) is 4.79 Å². The van der Waals surface area contributed by atoms with Crippen LogP contribution < -0.4 is 0 Å². The van der Waals surface area contributed by atoms with Crippen LogP contribution in [0.5, 0.6) is 0 Å². The molecule has 2 heterocycles. The summed E-state index contributed by atoms with van der Waals surface area (Å²) >= 11 is 3.05. The predicted molar refractivity (Wildman–Crippen MR) is 81.1 cm³/mol. The molecule has 2 rings (SSSR count). The summed E-state index contributed by atoms with van der Waals surface area (Å²) in [4.78, 5) is 12.6. The first kappa shape index (κ1) is 15.1. The van der Waals surface area contributed by atoms with Crippen LogP contribution in [0.2, 0.25) is 0 Å². The third-order valence-electron chi connectivity index (χ3n) is 2.99. The summed E-state index contributed by atoms with van der Waals surface area (Å²) in [7, 11) is 1.91. The molecule has 0 unspecified atom stereocenters. The molecule has 2 aromatic rings. The smallest absolute Gasteiger partial charge is 0.316 e. The van der Waals surface area contributed by atoms with Crippen LogP contribution in [0.4, 0.5) is 0 Å². The van der Waals surface area contributed by atoms with Gasteiger partial charge in [0.05, 0.1) is 12.4 Å². The first-order valence-corrected chi connectivity index (χ1v) is 8.14. The molecule has 0 amide bonds. The Hall–Kier alpha value is -1.34. The number of hydrogen-bond acceptors (Lipinski definition) is 6. The summed E-state index contributed by atoms with van der Waals surface area (Å²) in [6, 6.07) is 0. The lowest BCUT2D eigenvalue weighted by Gasteiger charge is -2.04. The summed E-state index contributed by atoms with van der Waals surface area (Å²) in [6.45, 7) is 6.37. The Morgan fingerprint density at radius 3 is 2.80 bits per heavy atom. The second-order valence-electron chi connectivity index (χ2n) is 4.29. The average molecular weight is 311 g/mol. The van der Waals surface area contributed by atoms with E-state index in [0.717, 1.165) is 16.5 Å². The fourth-order valence-electron chi connectivity index (χ4n) is 1.74. The second kappa shape index (κ2) is 6.41. The van der Waals surface area contributed by atoms with Gasteiger partial charge in [0.25, 0.3) is 0 Å². The molecule has 0 aliphatic heterocycles. The maximum Gasteiger partial charge on any atom is 0.316 e. The van der Waals surface area contributed by atoms with E-state index >= 15 is 0 Å². The van der Waals surface area contributed by atoms with Gasteiger partial charge in [-0.25, -0.2) is 0 Å². The molecule has 0 aliphatic rings. The lowest BCUT2D eigenvalue weighted by atomic mass is 10.2. The van der Waals surface area contributed by atoms with E-state index in [-0.39, 0.29) is 11.7 Å². The molecule has 0 aliphatic carbocycles. The molecule has 0 bridgehead atoms. The molecule has 0 N–H and O–H groups in total. The van der Waals surface area contributed by atoms with Crippen molar-refractivity contribution in [1.29, 1.82) is 0 Å². The number of ether oxygens (including phenoxy) is 1. The first-order chi connectivity index (χ1) is 9.54. The van der Waals surface area contributed by atoms with Crippen molar-refractivity contribution in [3.63, 3.8) is 0 Å². The predicted octanol–water partition coefficient (Wildman–Crippen LogP) is 2.82. The minimum atomic E-state index is -0.232. The Kier molecular flexibility index (Phi) is 4.82. The highest BCUT2D eigenvalue weighted by Gasteiger charge is 2.16. The van der Waals surface area contributed by atoms with E-state index in [4.69, 9.17) is 4.74 Å². The Balaban J connectivity index is 2.15. The van der Waals surface area contributed by atoms with Gasteiger partial charge in [0.15, 0.2) is 11.0 Å². The van der Waals surface area contributed by atoms with Gasteiger partial charge in [0.1, 0.15) is 0 Å². The molecule has 0 spiro atoms. The lowest BCUT2D eigenvalue weighted by molar-refractivity contribution is -0.139. The number of aromatic nitrogens is 3. The number of rotatable bonds is 5. The van der Waals surface area contributed by atoms with Crippen LogP contribution >= 0.6 is 23.1 Å². The molecule has 0 radical (unpaired) electrons. The van der Waals surface area contributed by atoms with Crippen molar-refractivity contribution in [1.82, 2.24) is 14.8 Å². The van der Waals surface area contributed by atoms with E-state index < -0.39 is 0 Å². The number of nitrogens with zero attached hydrogens (tertiary/aromatic N) is 3. The highest BCUT2D eigenvalue weighted by molar-refractivity contribution is 7.99. The number of esters is 1. The second-order valence-corrected chi connectivity index (χ2v) is 6.32. The zero-order chi connectivity index (χ0) is 14.7. The van der Waals surface area contributed by atoms with E-state index in [2.05, 4.69) is 29.4 Å². The van der Waals surface area contributed by atoms with Gasteiger partial charge >= 0.3 is 5.97 Å². The van der Waals surface area contributed by atoms with Gasteiger partial charge in [-0.2, -0.15) is 0 Å². The van der Waals surface area contributed by atoms with E-state index in [1.807, 2.05) is 11.6 Å². The van der Waals surface area contributed by atoms with Crippen molar-refractivity contribution in [3.8, 4) is 11.4 Å². The van der Waals surface area contributed by atoms with Gasteiger partial charge in [-0.1, -0.05) is 11.8 Å². The van der Waals surface area contributed by atoms with Gasteiger partial charge in [0, 0.05) is 22.9 Å². The van der Waals surface area contributed by atoms with Crippen LogP contribution in [-0.2, 0) is 16.6 Å². The highest BCUT2D eigenvalue weighted by Crippen LogP contribution is 2.30. The van der Waals surface area contributed by atoms with Crippen molar-refractivity contribution < 1.29 is 9.53 Å². The number of carbonyl (C=O) groups excluding carboxylic acids is 1. The summed E-state index contributed by atoms with van der Waals surface area (Å²) < 4.78 is 6.82. The summed E-state index contributed by atoms with van der Waals surface area (Å²) in [5.74, 6) is 0.851. The largest absolute Gasteiger partial charge is 0.465 e. The molecule has 20 heavy (non-hydrogen) atoms. The van der Waals surface area contributed by atoms with Crippen LogP contribution in [0.15, 0.2) is 10.5 Å². The van der Waals surface area contributed by atoms with E-state index in [1.54, 1.807) is 18.3 Å². The molecule has 108 valence electrons. The van der Waals surface area contributed by atoms with Crippen molar-refractivity contribution in [3.05, 3.63) is 15.8 Å². The number of thiophene rings is 1. The molecular weight excluding hydrogens is 294 g/mol. The Labute approximate surface area is 126 Å². The monoisotopic (exact) mass is 311 g/mol. The van der Waals surface area contributed by atoms with E-state index in [9.17, 15) is 4.79 Å². The molecule has 0 saturated heterocycles. The van der Waals surface area contributed by atoms with Gasteiger partial charge in [0.2, 0.25) is 0 Å². The van der Waals surface area contributed by atoms with Crippen LogP contribution in [0.3, 0.4) is 0 Å². The maximum atomic E-state index is 11.4. The Morgan fingerprint density at radius 1 is 1.45 bits per heavy atom. The number of carbonyl (C=O) groups is 1. The fourth-order valence-corrected chi connectivity index (χ4v) is 3.31. The number of hydrogen-bond donors (Lipinski definition) is 0. The zero-order valence-corrected chi connectivity index (χ0v) is 13.6. The van der Waals surface area contributed by atoms with Crippen LogP contribution in [0.1, 0.15) is 17.4 Å². The van der Waals surface area contributed by atoms with Crippen LogP contribution in [-0.4, -0.2) is 33.1 Å². The van der Waals surface area contributed by atoms with Crippen LogP contribution in [0, 0.1) is 13.8 Å². The topological polar surface area (TPSA) is 57.0 Å². The van der Waals surface area contributed by atoms with Crippen molar-refractivity contribution >= 4 is 29.1 Å². The SMILES string of the molecule is CCOC(=O)CSc1nnc(-c2csc(C)c2C)n1C. The van der Waals surface area contributed by atoms with Crippen molar-refractivity contribution in [2.75, 3.05) is 12.4 Å². The third-order valence-corrected chi connectivity index (χ3v) is 4.99. The summed E-state index contributed by atoms with van der Waals surface area (Å²) in [5.41, 5.74) is 2.33. The minimum Gasteiger partial charge on any atom is -0.465 e. The quantitative estimate of drug-likeness (QED) is 0.628. The van der Waals surface area contributed by atoms with Crippen molar-refractivity contribution in [2.45, 2.75) is 25.9 Å². The molecule has 5 nitrogen and oxygen atoms in total. The molecule has 0 saturated carbocycles. The zero-order valence-electron chi connectivity index (χ0n) is 12.0. The average Bonchev–Trinajstić information content (AvgIpc) is 2.93. The molecule has 0 fully saturated rings.